The van der Waals surface area contributed by atoms with Crippen LogP contribution in [-0.4, -0.2) is 29.3 Å². The van der Waals surface area contributed by atoms with E-state index in [0.717, 1.165) is 51.4 Å². The first kappa shape index (κ1) is 27.1. The molecule has 0 aromatic carbocycles. The minimum atomic E-state index is -0.458. The Morgan fingerprint density at radius 3 is 1.82 bits per heavy atom. The fourth-order valence-corrected chi connectivity index (χ4v) is 3.76. The predicted molar refractivity (Wildman–Crippen MR) is 121 cm³/mol. The van der Waals surface area contributed by atoms with E-state index in [1.165, 1.54) is 0 Å². The van der Waals surface area contributed by atoms with Gasteiger partial charge in [-0.05, 0) is 45.4 Å². The van der Waals surface area contributed by atoms with E-state index in [1.807, 2.05) is 13.8 Å². The topological polar surface area (TPSA) is 58.2 Å². The van der Waals surface area contributed by atoms with Gasteiger partial charge >= 0.3 is 0 Å². The fourth-order valence-electron chi connectivity index (χ4n) is 3.76. The molecule has 0 radical (unpaired) electrons. The second-order valence-electron chi connectivity index (χ2n) is 9.50. The first-order chi connectivity index (χ1) is 13.0. The van der Waals surface area contributed by atoms with E-state index in [0.29, 0.717) is 0 Å². The van der Waals surface area contributed by atoms with Crippen LogP contribution in [0.25, 0.3) is 0 Å². The lowest BCUT2D eigenvalue weighted by atomic mass is 9.76. The summed E-state index contributed by atoms with van der Waals surface area (Å²) in [6.45, 7) is 18.8. The van der Waals surface area contributed by atoms with Crippen molar-refractivity contribution in [3.63, 3.8) is 0 Å². The van der Waals surface area contributed by atoms with Crippen molar-refractivity contribution < 1.29 is 9.59 Å². The van der Waals surface area contributed by atoms with Crippen molar-refractivity contribution in [2.75, 3.05) is 0 Å². The molecule has 4 nitrogen and oxygen atoms in total. The molecule has 2 N–H and O–H groups in total. The van der Waals surface area contributed by atoms with Gasteiger partial charge in [0.2, 0.25) is 5.91 Å². The van der Waals surface area contributed by atoms with Crippen LogP contribution in [0.2, 0.25) is 0 Å². The predicted octanol–water partition coefficient (Wildman–Crippen LogP) is 5.64. The van der Waals surface area contributed by atoms with Crippen molar-refractivity contribution in [1.29, 1.82) is 0 Å². The van der Waals surface area contributed by atoms with Gasteiger partial charge in [0, 0.05) is 11.0 Å². The van der Waals surface area contributed by atoms with Gasteiger partial charge in [-0.25, -0.2) is 0 Å². The molecule has 0 spiro atoms. The third kappa shape index (κ3) is 8.23. The van der Waals surface area contributed by atoms with E-state index >= 15 is 0 Å². The van der Waals surface area contributed by atoms with Crippen LogP contribution in [-0.2, 0) is 9.59 Å². The summed E-state index contributed by atoms with van der Waals surface area (Å²) in [5.41, 5.74) is -0.420. The molecular formula is C24H48N2O2. The van der Waals surface area contributed by atoms with E-state index in [4.69, 9.17) is 0 Å². The van der Waals surface area contributed by atoms with Crippen LogP contribution < -0.4 is 10.6 Å². The lowest BCUT2D eigenvalue weighted by Gasteiger charge is -2.37. The number of unbranched alkanes of at least 4 members (excludes halogenated alkanes) is 2. The van der Waals surface area contributed by atoms with Gasteiger partial charge < -0.3 is 10.6 Å². The van der Waals surface area contributed by atoms with Crippen molar-refractivity contribution in [1.82, 2.24) is 10.6 Å². The van der Waals surface area contributed by atoms with Gasteiger partial charge in [-0.3, -0.25) is 9.59 Å². The molecule has 0 fully saturated rings. The SMILES string of the molecule is CCCCC(C)(CC)NC(C(=O)NC(C)C(=O)C(C)(CC)CCCC)C(C)C. The number of amides is 1. The second-order valence-corrected chi connectivity index (χ2v) is 9.50. The maximum absolute atomic E-state index is 13.1. The Morgan fingerprint density at radius 1 is 0.857 bits per heavy atom. The van der Waals surface area contributed by atoms with E-state index in [9.17, 15) is 9.59 Å². The third-order valence-corrected chi connectivity index (χ3v) is 6.52. The van der Waals surface area contributed by atoms with Crippen LogP contribution in [0.1, 0.15) is 114 Å². The Kier molecular flexibility index (Phi) is 12.2. The average Bonchev–Trinajstić information content (AvgIpc) is 2.67. The Bertz CT molecular complexity index is 477. The Hall–Kier alpha value is -0.900. The summed E-state index contributed by atoms with van der Waals surface area (Å²) in [5, 5.41) is 6.65. The second kappa shape index (κ2) is 12.6. The van der Waals surface area contributed by atoms with E-state index in [1.54, 1.807) is 0 Å². The van der Waals surface area contributed by atoms with Crippen LogP contribution in [0, 0.1) is 11.3 Å². The maximum atomic E-state index is 13.1. The minimum absolute atomic E-state index is 0.0547. The minimum Gasteiger partial charge on any atom is -0.345 e. The summed E-state index contributed by atoms with van der Waals surface area (Å²) < 4.78 is 0. The van der Waals surface area contributed by atoms with Crippen LogP contribution in [0.5, 0.6) is 0 Å². The van der Waals surface area contributed by atoms with Crippen molar-refractivity contribution >= 4 is 11.7 Å². The number of nitrogens with one attached hydrogen (secondary N) is 2. The largest absolute Gasteiger partial charge is 0.345 e. The summed E-state index contributed by atoms with van der Waals surface area (Å²) in [4.78, 5) is 26.1. The van der Waals surface area contributed by atoms with E-state index in [2.05, 4.69) is 59.1 Å². The molecule has 4 unspecified atom stereocenters. The molecule has 0 heterocycles. The molecular weight excluding hydrogens is 348 g/mol. The highest BCUT2D eigenvalue weighted by Crippen LogP contribution is 2.30. The Labute approximate surface area is 175 Å². The molecule has 4 heteroatoms. The van der Waals surface area contributed by atoms with Gasteiger partial charge in [-0.2, -0.15) is 0 Å². The Balaban J connectivity index is 5.20. The fraction of sp³-hybridized carbons (Fsp3) is 0.917. The molecule has 0 saturated heterocycles. The van der Waals surface area contributed by atoms with Crippen LogP contribution >= 0.6 is 0 Å². The summed E-state index contributed by atoms with van der Waals surface area (Å²) in [6.07, 6.45) is 8.13. The van der Waals surface area contributed by atoms with Gasteiger partial charge in [-0.15, -0.1) is 0 Å². The molecule has 0 aromatic heterocycles. The van der Waals surface area contributed by atoms with Crippen LogP contribution in [0.3, 0.4) is 0 Å². The summed E-state index contributed by atoms with van der Waals surface area (Å²) in [6, 6.07) is -0.749. The summed E-state index contributed by atoms with van der Waals surface area (Å²) in [7, 11) is 0. The highest BCUT2D eigenvalue weighted by Gasteiger charge is 2.36. The van der Waals surface area contributed by atoms with Crippen molar-refractivity contribution in [3.8, 4) is 0 Å². The summed E-state index contributed by atoms with van der Waals surface area (Å²) in [5.74, 6) is 0.261. The number of carbonyl (C=O) groups is 2. The number of hydrogen-bond acceptors (Lipinski definition) is 3. The van der Waals surface area contributed by atoms with Gasteiger partial charge in [-0.1, -0.05) is 74.1 Å². The molecule has 28 heavy (non-hydrogen) atoms. The number of Topliss-reactive ketones (excluding diaryl/α,β-unsaturated/α-hetero) is 1. The third-order valence-electron chi connectivity index (χ3n) is 6.52. The quantitative estimate of drug-likeness (QED) is 0.376. The first-order valence-electron chi connectivity index (χ1n) is 11.6. The van der Waals surface area contributed by atoms with Crippen molar-refractivity contribution in [3.05, 3.63) is 0 Å². The first-order valence-corrected chi connectivity index (χ1v) is 11.6. The lowest BCUT2D eigenvalue weighted by molar-refractivity contribution is -0.135. The average molecular weight is 397 g/mol. The molecule has 0 bridgehead atoms. The number of carbonyl (C=O) groups excluding carboxylic acids is 2. The van der Waals surface area contributed by atoms with E-state index in [-0.39, 0.29) is 34.6 Å². The molecule has 0 saturated carbocycles. The number of hydrogen-bond donors (Lipinski definition) is 2. The van der Waals surface area contributed by atoms with Crippen molar-refractivity contribution in [2.24, 2.45) is 11.3 Å². The molecule has 0 aliphatic heterocycles. The smallest absolute Gasteiger partial charge is 0.237 e. The summed E-state index contributed by atoms with van der Waals surface area (Å²) >= 11 is 0. The van der Waals surface area contributed by atoms with Gasteiger partial charge in [0.15, 0.2) is 5.78 Å². The van der Waals surface area contributed by atoms with Crippen LogP contribution in [0.4, 0.5) is 0 Å². The molecule has 4 atom stereocenters. The monoisotopic (exact) mass is 396 g/mol. The van der Waals surface area contributed by atoms with Gasteiger partial charge in [0.1, 0.15) is 0 Å². The lowest BCUT2D eigenvalue weighted by Crippen LogP contribution is -2.58. The molecule has 0 aliphatic carbocycles. The standard InChI is InChI=1S/C24H48N2O2/c1-10-14-16-23(8,12-3)21(27)19(7)25-22(28)20(18(5)6)26-24(9,13-4)17-15-11-2/h18-20,26H,10-17H2,1-9H3,(H,25,28). The van der Waals surface area contributed by atoms with Crippen molar-refractivity contribution in [2.45, 2.75) is 131 Å². The normalized spacial score (nSPS) is 18.2. The molecule has 0 aromatic rings. The molecule has 0 aliphatic rings. The maximum Gasteiger partial charge on any atom is 0.237 e. The molecule has 0 rings (SSSR count). The Morgan fingerprint density at radius 2 is 1.39 bits per heavy atom. The number of ketones is 1. The molecule has 166 valence electrons. The highest BCUT2D eigenvalue weighted by molar-refractivity contribution is 5.93. The molecule has 1 amide bonds. The van der Waals surface area contributed by atoms with Gasteiger partial charge in [0.05, 0.1) is 12.1 Å². The zero-order chi connectivity index (χ0) is 22.0. The highest BCUT2D eigenvalue weighted by atomic mass is 16.2. The van der Waals surface area contributed by atoms with E-state index < -0.39 is 6.04 Å². The zero-order valence-electron chi connectivity index (χ0n) is 20.2. The number of rotatable bonds is 15. The van der Waals surface area contributed by atoms with Gasteiger partial charge in [0.25, 0.3) is 0 Å². The van der Waals surface area contributed by atoms with Crippen LogP contribution in [0.15, 0.2) is 0 Å². The zero-order valence-corrected chi connectivity index (χ0v) is 20.2.